The zero-order valence-electron chi connectivity index (χ0n) is 15.5. The van der Waals surface area contributed by atoms with E-state index >= 15 is 0 Å². The first kappa shape index (κ1) is 17.4. The highest BCUT2D eigenvalue weighted by Gasteiger charge is 2.40. The highest BCUT2D eigenvalue weighted by molar-refractivity contribution is 5.93. The normalized spacial score (nSPS) is 16.1. The average molecular weight is 357 g/mol. The van der Waals surface area contributed by atoms with Crippen molar-refractivity contribution in [2.24, 2.45) is 0 Å². The SMILES string of the molecule is Cc1ncc(C(=O)N2CCCC(c3ccccc3)(c3ccccc3)C2)cn1. The van der Waals surface area contributed by atoms with E-state index in [1.54, 1.807) is 12.4 Å². The Morgan fingerprint density at radius 1 is 0.926 bits per heavy atom. The number of carbonyl (C=O) groups excluding carboxylic acids is 1. The van der Waals surface area contributed by atoms with Crippen molar-refractivity contribution >= 4 is 5.91 Å². The van der Waals surface area contributed by atoms with E-state index in [0.29, 0.717) is 17.9 Å². The molecule has 136 valence electrons. The van der Waals surface area contributed by atoms with Gasteiger partial charge >= 0.3 is 0 Å². The van der Waals surface area contributed by atoms with E-state index < -0.39 is 0 Å². The van der Waals surface area contributed by atoms with Crippen LogP contribution in [0.15, 0.2) is 73.1 Å². The fraction of sp³-hybridized carbons (Fsp3) is 0.261. The molecular formula is C23H23N3O. The lowest BCUT2D eigenvalue weighted by Gasteiger charge is -2.44. The molecule has 4 nitrogen and oxygen atoms in total. The van der Waals surface area contributed by atoms with Crippen LogP contribution in [0.3, 0.4) is 0 Å². The second kappa shape index (κ2) is 7.31. The maximum absolute atomic E-state index is 13.1. The van der Waals surface area contributed by atoms with Crippen LogP contribution in [0.4, 0.5) is 0 Å². The van der Waals surface area contributed by atoms with Gasteiger partial charge in [-0.05, 0) is 30.9 Å². The average Bonchev–Trinajstić information content (AvgIpc) is 2.75. The Hall–Kier alpha value is -3.01. The van der Waals surface area contributed by atoms with Gasteiger partial charge < -0.3 is 4.90 Å². The number of aryl methyl sites for hydroxylation is 1. The largest absolute Gasteiger partial charge is 0.337 e. The minimum Gasteiger partial charge on any atom is -0.337 e. The molecule has 27 heavy (non-hydrogen) atoms. The molecule has 0 unspecified atom stereocenters. The van der Waals surface area contributed by atoms with Crippen molar-refractivity contribution in [1.82, 2.24) is 14.9 Å². The van der Waals surface area contributed by atoms with Gasteiger partial charge in [-0.25, -0.2) is 9.97 Å². The summed E-state index contributed by atoms with van der Waals surface area (Å²) in [5.41, 5.74) is 2.88. The van der Waals surface area contributed by atoms with E-state index in [1.807, 2.05) is 24.0 Å². The van der Waals surface area contributed by atoms with Crippen molar-refractivity contribution in [2.45, 2.75) is 25.2 Å². The first-order valence-electron chi connectivity index (χ1n) is 9.38. The van der Waals surface area contributed by atoms with Crippen LogP contribution in [0.5, 0.6) is 0 Å². The predicted octanol–water partition coefficient (Wildman–Crippen LogP) is 4.01. The summed E-state index contributed by atoms with van der Waals surface area (Å²) in [4.78, 5) is 23.4. The van der Waals surface area contributed by atoms with Crippen molar-refractivity contribution in [3.63, 3.8) is 0 Å². The first-order valence-corrected chi connectivity index (χ1v) is 9.38. The number of likely N-dealkylation sites (tertiary alicyclic amines) is 1. The molecule has 0 bridgehead atoms. The van der Waals surface area contributed by atoms with Gasteiger partial charge in [0.25, 0.3) is 5.91 Å². The summed E-state index contributed by atoms with van der Waals surface area (Å²) < 4.78 is 0. The molecule has 1 aliphatic rings. The number of hydrogen-bond donors (Lipinski definition) is 0. The molecule has 2 heterocycles. The zero-order valence-corrected chi connectivity index (χ0v) is 15.5. The molecule has 0 atom stereocenters. The molecule has 0 saturated carbocycles. The fourth-order valence-electron chi connectivity index (χ4n) is 4.07. The van der Waals surface area contributed by atoms with Gasteiger partial charge in [0.1, 0.15) is 5.82 Å². The fourth-order valence-corrected chi connectivity index (χ4v) is 4.07. The van der Waals surface area contributed by atoms with Crippen LogP contribution in [-0.4, -0.2) is 33.9 Å². The molecule has 2 aromatic carbocycles. The molecule has 1 amide bonds. The third-order valence-corrected chi connectivity index (χ3v) is 5.46. The molecular weight excluding hydrogens is 334 g/mol. The maximum atomic E-state index is 13.1. The van der Waals surface area contributed by atoms with Crippen LogP contribution < -0.4 is 0 Å². The summed E-state index contributed by atoms with van der Waals surface area (Å²) in [6, 6.07) is 21.1. The molecule has 1 fully saturated rings. The molecule has 0 aliphatic carbocycles. The lowest BCUT2D eigenvalue weighted by atomic mass is 9.69. The Morgan fingerprint density at radius 2 is 1.48 bits per heavy atom. The number of carbonyl (C=O) groups is 1. The molecule has 3 aromatic rings. The first-order chi connectivity index (χ1) is 13.2. The van der Waals surface area contributed by atoms with Gasteiger partial charge in [-0.2, -0.15) is 0 Å². The van der Waals surface area contributed by atoms with E-state index in [-0.39, 0.29) is 11.3 Å². The zero-order chi connectivity index (χ0) is 18.7. The van der Waals surface area contributed by atoms with Crippen molar-refractivity contribution in [3.05, 3.63) is 95.6 Å². The van der Waals surface area contributed by atoms with Gasteiger partial charge in [-0.3, -0.25) is 4.79 Å². The summed E-state index contributed by atoms with van der Waals surface area (Å²) in [7, 11) is 0. The second-order valence-electron chi connectivity index (χ2n) is 7.16. The van der Waals surface area contributed by atoms with Crippen LogP contribution >= 0.6 is 0 Å². The minimum absolute atomic E-state index is 0.00550. The van der Waals surface area contributed by atoms with Gasteiger partial charge in [0, 0.05) is 30.9 Å². The van der Waals surface area contributed by atoms with E-state index in [1.165, 1.54) is 11.1 Å². The third-order valence-electron chi connectivity index (χ3n) is 5.46. The lowest BCUT2D eigenvalue weighted by molar-refractivity contribution is 0.0665. The number of rotatable bonds is 3. The molecule has 0 N–H and O–H groups in total. The minimum atomic E-state index is -0.192. The van der Waals surface area contributed by atoms with Gasteiger partial charge in [0.2, 0.25) is 0 Å². The van der Waals surface area contributed by atoms with Crippen LogP contribution in [0.1, 0.15) is 40.2 Å². The predicted molar refractivity (Wildman–Crippen MR) is 106 cm³/mol. The van der Waals surface area contributed by atoms with Crippen molar-refractivity contribution in [3.8, 4) is 0 Å². The molecule has 0 spiro atoms. The Kier molecular flexibility index (Phi) is 4.71. The van der Waals surface area contributed by atoms with Crippen LogP contribution in [-0.2, 0) is 5.41 Å². The monoisotopic (exact) mass is 357 g/mol. The Morgan fingerprint density at radius 3 is 2.04 bits per heavy atom. The molecule has 4 rings (SSSR count). The quantitative estimate of drug-likeness (QED) is 0.711. The number of hydrogen-bond acceptors (Lipinski definition) is 3. The van der Waals surface area contributed by atoms with Gasteiger partial charge in [-0.15, -0.1) is 0 Å². The molecule has 1 aromatic heterocycles. The Labute approximate surface area is 159 Å². The maximum Gasteiger partial charge on any atom is 0.257 e. The van der Waals surface area contributed by atoms with Crippen molar-refractivity contribution in [1.29, 1.82) is 0 Å². The summed E-state index contributed by atoms with van der Waals surface area (Å²) in [6.07, 6.45) is 5.25. The van der Waals surface area contributed by atoms with Crippen molar-refractivity contribution in [2.75, 3.05) is 13.1 Å². The number of amides is 1. The molecule has 1 aliphatic heterocycles. The van der Waals surface area contributed by atoms with Crippen LogP contribution in [0.2, 0.25) is 0 Å². The summed E-state index contributed by atoms with van der Waals surface area (Å²) >= 11 is 0. The standard InChI is InChI=1S/C23H23N3O/c1-18-24-15-19(16-25-18)22(27)26-14-8-13-23(17-26,20-9-4-2-5-10-20)21-11-6-3-7-12-21/h2-7,9-12,15-16H,8,13-14,17H2,1H3. The number of benzene rings is 2. The summed E-state index contributed by atoms with van der Waals surface area (Å²) in [6.45, 7) is 3.24. The van der Waals surface area contributed by atoms with E-state index in [4.69, 9.17) is 0 Å². The summed E-state index contributed by atoms with van der Waals surface area (Å²) in [5.74, 6) is 0.680. The van der Waals surface area contributed by atoms with E-state index in [0.717, 1.165) is 19.4 Å². The van der Waals surface area contributed by atoms with Gasteiger partial charge in [-0.1, -0.05) is 60.7 Å². The third kappa shape index (κ3) is 3.35. The Bertz CT molecular complexity index is 868. The number of aromatic nitrogens is 2. The Balaban J connectivity index is 1.72. The smallest absolute Gasteiger partial charge is 0.257 e. The van der Waals surface area contributed by atoms with Gasteiger partial charge in [0.05, 0.1) is 5.56 Å². The topological polar surface area (TPSA) is 46.1 Å². The van der Waals surface area contributed by atoms with E-state index in [9.17, 15) is 4.79 Å². The van der Waals surface area contributed by atoms with Crippen molar-refractivity contribution < 1.29 is 4.79 Å². The highest BCUT2D eigenvalue weighted by Crippen LogP contribution is 2.40. The number of nitrogens with zero attached hydrogens (tertiary/aromatic N) is 3. The van der Waals surface area contributed by atoms with Crippen LogP contribution in [0.25, 0.3) is 0 Å². The lowest BCUT2D eigenvalue weighted by Crippen LogP contribution is -2.49. The van der Waals surface area contributed by atoms with Crippen LogP contribution in [0, 0.1) is 6.92 Å². The van der Waals surface area contributed by atoms with E-state index in [2.05, 4.69) is 58.5 Å². The second-order valence-corrected chi connectivity index (χ2v) is 7.16. The molecule has 1 saturated heterocycles. The molecule has 0 radical (unpaired) electrons. The highest BCUT2D eigenvalue weighted by atomic mass is 16.2. The summed E-state index contributed by atoms with van der Waals surface area (Å²) in [5, 5.41) is 0. The van der Waals surface area contributed by atoms with Gasteiger partial charge in [0.15, 0.2) is 0 Å². The molecule has 4 heteroatoms. The number of piperidine rings is 1.